The highest BCUT2D eigenvalue weighted by molar-refractivity contribution is 6.06. The van der Waals surface area contributed by atoms with Crippen molar-refractivity contribution < 1.29 is 19.1 Å². The fraction of sp³-hybridized carbons (Fsp3) is 0.125. The molecule has 150 valence electrons. The maximum absolute atomic E-state index is 13.2. The monoisotopic (exact) mass is 400 g/mol. The van der Waals surface area contributed by atoms with E-state index in [1.54, 1.807) is 48.5 Å². The predicted molar refractivity (Wildman–Crippen MR) is 113 cm³/mol. The van der Waals surface area contributed by atoms with Gasteiger partial charge in [-0.1, -0.05) is 60.7 Å². The molecule has 0 aliphatic carbocycles. The molecule has 2 amide bonds. The van der Waals surface area contributed by atoms with Crippen LogP contribution in [0.4, 0.5) is 11.4 Å². The molecule has 0 aromatic heterocycles. The molecule has 1 aliphatic heterocycles. The Morgan fingerprint density at radius 1 is 0.867 bits per heavy atom. The summed E-state index contributed by atoms with van der Waals surface area (Å²) in [5, 5.41) is 2.76. The minimum absolute atomic E-state index is 0.110. The fourth-order valence-electron chi connectivity index (χ4n) is 3.44. The Morgan fingerprint density at radius 2 is 1.50 bits per heavy atom. The number of hydrogen-bond acceptors (Lipinski definition) is 4. The van der Waals surface area contributed by atoms with E-state index in [1.165, 1.54) is 4.90 Å². The van der Waals surface area contributed by atoms with Crippen LogP contribution in [-0.2, 0) is 20.8 Å². The smallest absolute Gasteiger partial charge is 0.335 e. The second-order valence-corrected chi connectivity index (χ2v) is 6.95. The molecule has 1 N–H and O–H groups in total. The molecule has 1 heterocycles. The van der Waals surface area contributed by atoms with Gasteiger partial charge in [0.15, 0.2) is 5.75 Å². The van der Waals surface area contributed by atoms with Crippen LogP contribution in [-0.4, -0.2) is 23.8 Å². The molecule has 0 saturated carbocycles. The summed E-state index contributed by atoms with van der Waals surface area (Å²) < 4.78 is 5.41. The lowest BCUT2D eigenvalue weighted by molar-refractivity contribution is -0.140. The number of esters is 1. The van der Waals surface area contributed by atoms with Crippen molar-refractivity contribution in [1.82, 2.24) is 0 Å². The van der Waals surface area contributed by atoms with Gasteiger partial charge in [-0.25, -0.2) is 4.79 Å². The van der Waals surface area contributed by atoms with Crippen molar-refractivity contribution in [2.45, 2.75) is 18.9 Å². The van der Waals surface area contributed by atoms with Gasteiger partial charge in [0.25, 0.3) is 0 Å². The fourth-order valence-corrected chi connectivity index (χ4v) is 3.44. The van der Waals surface area contributed by atoms with Gasteiger partial charge >= 0.3 is 5.97 Å². The zero-order chi connectivity index (χ0) is 20.9. The molecule has 0 radical (unpaired) electrons. The number of nitrogens with zero attached hydrogens (tertiary/aromatic N) is 1. The average Bonchev–Trinajstić information content (AvgIpc) is 2.75. The maximum atomic E-state index is 13.2. The predicted octanol–water partition coefficient (Wildman–Crippen LogP) is 3.58. The Kier molecular flexibility index (Phi) is 5.57. The second-order valence-electron chi connectivity index (χ2n) is 6.95. The Hall–Kier alpha value is -3.93. The first-order chi connectivity index (χ1) is 14.6. The van der Waals surface area contributed by atoms with Crippen LogP contribution in [0.1, 0.15) is 12.0 Å². The van der Waals surface area contributed by atoms with Gasteiger partial charge in [0.2, 0.25) is 11.8 Å². The van der Waals surface area contributed by atoms with E-state index in [9.17, 15) is 14.4 Å². The number of rotatable bonds is 5. The highest BCUT2D eigenvalue weighted by Gasteiger charge is 2.39. The van der Waals surface area contributed by atoms with Crippen LogP contribution in [0.15, 0.2) is 84.9 Å². The van der Waals surface area contributed by atoms with Crippen molar-refractivity contribution in [2.24, 2.45) is 0 Å². The lowest BCUT2D eigenvalue weighted by Crippen LogP contribution is -2.52. The molecule has 0 spiro atoms. The SMILES string of the molecule is O=C(CC1C(=O)Oc2ccccc2N1C(=O)Cc1ccccc1)Nc1ccccc1. The maximum Gasteiger partial charge on any atom is 0.335 e. The first kappa shape index (κ1) is 19.4. The largest absolute Gasteiger partial charge is 0.423 e. The summed E-state index contributed by atoms with van der Waals surface area (Å²) in [7, 11) is 0. The molecule has 1 aliphatic rings. The summed E-state index contributed by atoms with van der Waals surface area (Å²) in [6.45, 7) is 0. The number of fused-ring (bicyclic) bond motifs is 1. The van der Waals surface area contributed by atoms with E-state index in [0.717, 1.165) is 5.56 Å². The number of amides is 2. The molecule has 6 nitrogen and oxygen atoms in total. The molecule has 30 heavy (non-hydrogen) atoms. The summed E-state index contributed by atoms with van der Waals surface area (Å²) in [6, 6.07) is 24.0. The van der Waals surface area contributed by atoms with Crippen LogP contribution in [0.5, 0.6) is 5.75 Å². The van der Waals surface area contributed by atoms with Gasteiger partial charge in [0, 0.05) is 5.69 Å². The molecule has 3 aromatic rings. The van der Waals surface area contributed by atoms with Crippen LogP contribution in [0.2, 0.25) is 0 Å². The molecule has 1 unspecified atom stereocenters. The number of para-hydroxylation sites is 3. The van der Waals surface area contributed by atoms with Crippen molar-refractivity contribution in [3.05, 3.63) is 90.5 Å². The molecular formula is C24H20N2O4. The number of nitrogens with one attached hydrogen (secondary N) is 1. The summed E-state index contributed by atoms with van der Waals surface area (Å²) in [6.07, 6.45) is -0.0954. The minimum Gasteiger partial charge on any atom is -0.423 e. The molecular weight excluding hydrogens is 380 g/mol. The number of anilines is 2. The summed E-state index contributed by atoms with van der Waals surface area (Å²) in [5.41, 5.74) is 1.93. The van der Waals surface area contributed by atoms with E-state index in [1.807, 2.05) is 36.4 Å². The third-order valence-electron chi connectivity index (χ3n) is 4.82. The number of benzene rings is 3. The van der Waals surface area contributed by atoms with Gasteiger partial charge < -0.3 is 10.1 Å². The molecule has 3 aromatic carbocycles. The highest BCUT2D eigenvalue weighted by Crippen LogP contribution is 2.35. The third kappa shape index (κ3) is 4.22. The van der Waals surface area contributed by atoms with E-state index in [0.29, 0.717) is 17.1 Å². The van der Waals surface area contributed by atoms with Crippen molar-refractivity contribution in [3.63, 3.8) is 0 Å². The van der Waals surface area contributed by atoms with E-state index >= 15 is 0 Å². The normalized spacial score (nSPS) is 15.1. The van der Waals surface area contributed by atoms with Gasteiger partial charge in [-0.2, -0.15) is 0 Å². The zero-order valence-corrected chi connectivity index (χ0v) is 16.2. The second kappa shape index (κ2) is 8.61. The van der Waals surface area contributed by atoms with Crippen LogP contribution >= 0.6 is 0 Å². The summed E-state index contributed by atoms with van der Waals surface area (Å²) in [4.78, 5) is 39.9. The Labute approximate surface area is 174 Å². The molecule has 6 heteroatoms. The highest BCUT2D eigenvalue weighted by atomic mass is 16.5. The topological polar surface area (TPSA) is 75.7 Å². The lowest BCUT2D eigenvalue weighted by atomic mass is 10.0. The van der Waals surface area contributed by atoms with E-state index in [-0.39, 0.29) is 24.7 Å². The summed E-state index contributed by atoms with van der Waals surface area (Å²) >= 11 is 0. The Bertz CT molecular complexity index is 1070. The van der Waals surface area contributed by atoms with Crippen LogP contribution < -0.4 is 15.0 Å². The Balaban J connectivity index is 1.60. The van der Waals surface area contributed by atoms with E-state index in [2.05, 4.69) is 5.32 Å². The van der Waals surface area contributed by atoms with Crippen molar-refractivity contribution in [3.8, 4) is 5.75 Å². The first-order valence-electron chi connectivity index (χ1n) is 9.63. The van der Waals surface area contributed by atoms with Crippen molar-refractivity contribution in [1.29, 1.82) is 0 Å². The van der Waals surface area contributed by atoms with E-state index < -0.39 is 12.0 Å². The third-order valence-corrected chi connectivity index (χ3v) is 4.82. The van der Waals surface area contributed by atoms with Crippen LogP contribution in [0.25, 0.3) is 0 Å². The number of ether oxygens (including phenoxy) is 1. The van der Waals surface area contributed by atoms with Gasteiger partial charge in [-0.3, -0.25) is 14.5 Å². The average molecular weight is 400 g/mol. The van der Waals surface area contributed by atoms with E-state index in [4.69, 9.17) is 4.74 Å². The molecule has 4 rings (SSSR count). The van der Waals surface area contributed by atoms with Gasteiger partial charge in [-0.15, -0.1) is 0 Å². The van der Waals surface area contributed by atoms with Gasteiger partial charge in [-0.05, 0) is 29.8 Å². The van der Waals surface area contributed by atoms with Gasteiger partial charge in [0.05, 0.1) is 18.5 Å². The number of carbonyl (C=O) groups excluding carboxylic acids is 3. The minimum atomic E-state index is -1.04. The molecule has 0 fully saturated rings. The first-order valence-corrected chi connectivity index (χ1v) is 9.63. The van der Waals surface area contributed by atoms with Gasteiger partial charge in [0.1, 0.15) is 6.04 Å². The standard InChI is InChI=1S/C24H20N2O4/c27-22(25-18-11-5-2-6-12-18)16-20-24(29)30-21-14-8-7-13-19(21)26(20)23(28)15-17-9-3-1-4-10-17/h1-14,20H,15-16H2,(H,25,27). The van der Waals surface area contributed by atoms with Crippen molar-refractivity contribution >= 4 is 29.2 Å². The molecule has 0 saturated heterocycles. The van der Waals surface area contributed by atoms with Crippen LogP contribution in [0.3, 0.4) is 0 Å². The lowest BCUT2D eigenvalue weighted by Gasteiger charge is -2.35. The summed E-state index contributed by atoms with van der Waals surface area (Å²) in [5.74, 6) is -0.968. The molecule has 1 atom stereocenters. The quantitative estimate of drug-likeness (QED) is 0.525. The van der Waals surface area contributed by atoms with Crippen LogP contribution in [0, 0.1) is 0 Å². The zero-order valence-electron chi connectivity index (χ0n) is 16.2. The van der Waals surface area contributed by atoms with Crippen molar-refractivity contribution in [2.75, 3.05) is 10.2 Å². The Morgan fingerprint density at radius 3 is 2.23 bits per heavy atom. The number of carbonyl (C=O) groups is 3. The molecule has 0 bridgehead atoms. The number of hydrogen-bond donors (Lipinski definition) is 1.